The molecule has 0 radical (unpaired) electrons. The molecule has 164 valence electrons. The van der Waals surface area contributed by atoms with Crippen LogP contribution in [-0.2, 0) is 19.5 Å². The van der Waals surface area contributed by atoms with Crippen molar-refractivity contribution in [3.05, 3.63) is 65.9 Å². The average Bonchev–Trinajstić information content (AvgIpc) is 2.96. The Morgan fingerprint density at radius 3 is 2.39 bits per heavy atom. The van der Waals surface area contributed by atoms with Gasteiger partial charge in [0.25, 0.3) is 0 Å². The molecule has 1 aliphatic carbocycles. The Morgan fingerprint density at radius 1 is 1.00 bits per heavy atom. The predicted octanol–water partition coefficient (Wildman–Crippen LogP) is 7.15. The second-order valence-electron chi connectivity index (χ2n) is 8.71. The number of rotatable bonds is 6. The van der Waals surface area contributed by atoms with E-state index in [4.69, 9.17) is 12.2 Å². The fraction of sp³-hybridized carbons (Fsp3) is 0.444. The zero-order valence-corrected chi connectivity index (χ0v) is 19.8. The molecular weight excluding hydrogens is 398 g/mol. The quantitative estimate of drug-likeness (QED) is 0.329. The predicted molar refractivity (Wildman–Crippen MR) is 137 cm³/mol. The molecule has 1 heterocycles. The van der Waals surface area contributed by atoms with E-state index in [1.165, 1.54) is 60.6 Å². The standard InChI is InChI=1S/C27H35N3S/c1-3-21-15-17-23(18-16-21)28-27(31)30(24-11-7-5-6-8-12-24)20-22-19-29(4-2)26-14-10-9-13-25(22)26/h9-10,13-19,24H,3-8,11-12,20H2,1-2H3,(H,28,31). The van der Waals surface area contributed by atoms with E-state index in [2.05, 4.69) is 83.4 Å². The van der Waals surface area contributed by atoms with Crippen LogP contribution >= 0.6 is 12.2 Å². The molecule has 4 rings (SSSR count). The van der Waals surface area contributed by atoms with E-state index in [1.807, 2.05) is 0 Å². The second-order valence-corrected chi connectivity index (χ2v) is 9.10. The van der Waals surface area contributed by atoms with E-state index < -0.39 is 0 Å². The first-order valence-corrected chi connectivity index (χ1v) is 12.3. The molecule has 3 aromatic rings. The number of nitrogens with one attached hydrogen (secondary N) is 1. The summed E-state index contributed by atoms with van der Waals surface area (Å²) in [4.78, 5) is 2.47. The monoisotopic (exact) mass is 433 g/mol. The molecule has 1 aliphatic rings. The van der Waals surface area contributed by atoms with Gasteiger partial charge in [0.05, 0.1) is 0 Å². The molecule has 0 atom stereocenters. The van der Waals surface area contributed by atoms with Gasteiger partial charge in [0.2, 0.25) is 0 Å². The summed E-state index contributed by atoms with van der Waals surface area (Å²) in [5.74, 6) is 0. The van der Waals surface area contributed by atoms with Crippen molar-refractivity contribution >= 4 is 33.9 Å². The highest BCUT2D eigenvalue weighted by Crippen LogP contribution is 2.28. The van der Waals surface area contributed by atoms with Gasteiger partial charge in [0.1, 0.15) is 0 Å². The van der Waals surface area contributed by atoms with Crippen molar-refractivity contribution in [3.63, 3.8) is 0 Å². The number of fused-ring (bicyclic) bond motifs is 1. The maximum Gasteiger partial charge on any atom is 0.173 e. The highest BCUT2D eigenvalue weighted by Gasteiger charge is 2.24. The van der Waals surface area contributed by atoms with Crippen molar-refractivity contribution < 1.29 is 0 Å². The molecule has 0 spiro atoms. The van der Waals surface area contributed by atoms with Gasteiger partial charge in [0, 0.05) is 41.9 Å². The van der Waals surface area contributed by atoms with Crippen LogP contribution in [0.1, 0.15) is 63.5 Å². The van der Waals surface area contributed by atoms with Crippen LogP contribution in [0.2, 0.25) is 0 Å². The zero-order chi connectivity index (χ0) is 21.6. The third-order valence-corrected chi connectivity index (χ3v) is 7.03. The molecule has 0 bridgehead atoms. The number of para-hydroxylation sites is 1. The summed E-state index contributed by atoms with van der Waals surface area (Å²) in [6.07, 6.45) is 11.1. The normalized spacial score (nSPS) is 15.0. The van der Waals surface area contributed by atoms with Gasteiger partial charge in [-0.25, -0.2) is 0 Å². The molecule has 2 aromatic carbocycles. The number of anilines is 1. The van der Waals surface area contributed by atoms with Crippen molar-refractivity contribution in [1.82, 2.24) is 9.47 Å². The fourth-order valence-corrected chi connectivity index (χ4v) is 5.18. The third kappa shape index (κ3) is 5.12. The maximum absolute atomic E-state index is 6.01. The van der Waals surface area contributed by atoms with Crippen LogP contribution < -0.4 is 5.32 Å². The Morgan fingerprint density at radius 2 is 1.71 bits per heavy atom. The molecule has 3 nitrogen and oxygen atoms in total. The summed E-state index contributed by atoms with van der Waals surface area (Å²) >= 11 is 6.01. The number of thiocarbonyl (C=S) groups is 1. The Labute approximate surface area is 192 Å². The first kappa shape index (κ1) is 21.9. The van der Waals surface area contributed by atoms with E-state index in [1.54, 1.807) is 0 Å². The smallest absolute Gasteiger partial charge is 0.173 e. The van der Waals surface area contributed by atoms with E-state index in [9.17, 15) is 0 Å². The van der Waals surface area contributed by atoms with Crippen molar-refractivity contribution in [2.75, 3.05) is 5.32 Å². The summed E-state index contributed by atoms with van der Waals surface area (Å²) in [7, 11) is 0. The fourth-order valence-electron chi connectivity index (χ4n) is 4.85. The van der Waals surface area contributed by atoms with Crippen LogP contribution in [0, 0.1) is 0 Å². The van der Waals surface area contributed by atoms with Gasteiger partial charge in [0.15, 0.2) is 5.11 Å². The summed E-state index contributed by atoms with van der Waals surface area (Å²) in [5, 5.41) is 5.75. The summed E-state index contributed by atoms with van der Waals surface area (Å²) in [6, 6.07) is 17.9. The lowest BCUT2D eigenvalue weighted by molar-refractivity contribution is 0.281. The molecule has 1 fully saturated rings. The Kier molecular flexibility index (Phi) is 7.29. The van der Waals surface area contributed by atoms with Crippen molar-refractivity contribution in [2.45, 2.75) is 77.9 Å². The van der Waals surface area contributed by atoms with Crippen molar-refractivity contribution in [1.29, 1.82) is 0 Å². The Bertz CT molecular complexity index is 997. The highest BCUT2D eigenvalue weighted by molar-refractivity contribution is 7.80. The average molecular weight is 434 g/mol. The minimum absolute atomic E-state index is 0.501. The minimum atomic E-state index is 0.501. The van der Waals surface area contributed by atoms with Gasteiger partial charge < -0.3 is 14.8 Å². The van der Waals surface area contributed by atoms with Crippen LogP contribution in [-0.4, -0.2) is 20.6 Å². The molecule has 0 unspecified atom stereocenters. The Hall–Kier alpha value is -2.33. The lowest BCUT2D eigenvalue weighted by Gasteiger charge is -2.34. The minimum Gasteiger partial charge on any atom is -0.347 e. The van der Waals surface area contributed by atoms with Crippen LogP contribution in [0.4, 0.5) is 5.69 Å². The number of aromatic nitrogens is 1. The largest absolute Gasteiger partial charge is 0.347 e. The number of hydrogen-bond acceptors (Lipinski definition) is 1. The molecule has 0 aliphatic heterocycles. The first-order chi connectivity index (χ1) is 15.2. The first-order valence-electron chi connectivity index (χ1n) is 11.9. The second kappa shape index (κ2) is 10.3. The number of aryl methyl sites for hydroxylation is 2. The third-order valence-electron chi connectivity index (χ3n) is 6.69. The van der Waals surface area contributed by atoms with Gasteiger partial charge in [-0.3, -0.25) is 0 Å². The molecule has 1 aromatic heterocycles. The van der Waals surface area contributed by atoms with E-state index in [-0.39, 0.29) is 0 Å². The summed E-state index contributed by atoms with van der Waals surface area (Å²) in [5.41, 5.74) is 5.11. The summed E-state index contributed by atoms with van der Waals surface area (Å²) in [6.45, 7) is 6.24. The van der Waals surface area contributed by atoms with Gasteiger partial charge in [-0.2, -0.15) is 0 Å². The highest BCUT2D eigenvalue weighted by atomic mass is 32.1. The maximum atomic E-state index is 6.01. The Balaban J connectivity index is 1.61. The molecule has 1 saturated carbocycles. The van der Waals surface area contributed by atoms with Gasteiger partial charge in [-0.15, -0.1) is 0 Å². The molecule has 1 N–H and O–H groups in total. The van der Waals surface area contributed by atoms with E-state index in [0.717, 1.165) is 30.3 Å². The number of nitrogens with zero attached hydrogens (tertiary/aromatic N) is 2. The van der Waals surface area contributed by atoms with E-state index >= 15 is 0 Å². The lowest BCUT2D eigenvalue weighted by Crippen LogP contribution is -2.42. The molecule has 31 heavy (non-hydrogen) atoms. The van der Waals surface area contributed by atoms with Crippen LogP contribution in [0.25, 0.3) is 10.9 Å². The lowest BCUT2D eigenvalue weighted by atomic mass is 10.1. The van der Waals surface area contributed by atoms with Gasteiger partial charge in [-0.05, 0) is 67.7 Å². The van der Waals surface area contributed by atoms with Crippen molar-refractivity contribution in [3.8, 4) is 0 Å². The van der Waals surface area contributed by atoms with Gasteiger partial charge in [-0.1, -0.05) is 62.9 Å². The molecule has 4 heteroatoms. The summed E-state index contributed by atoms with van der Waals surface area (Å²) < 4.78 is 2.36. The number of benzene rings is 2. The van der Waals surface area contributed by atoms with E-state index in [0.29, 0.717) is 6.04 Å². The SMILES string of the molecule is CCc1ccc(NC(=S)N(Cc2cn(CC)c3ccccc23)C2CCCCCC2)cc1. The molecule has 0 saturated heterocycles. The number of hydrogen-bond donors (Lipinski definition) is 1. The van der Waals surface area contributed by atoms with Crippen LogP contribution in [0.15, 0.2) is 54.7 Å². The molecular formula is C27H35N3S. The molecule has 0 amide bonds. The zero-order valence-electron chi connectivity index (χ0n) is 18.9. The van der Waals surface area contributed by atoms with Crippen molar-refractivity contribution in [2.24, 2.45) is 0 Å². The topological polar surface area (TPSA) is 20.2 Å². The van der Waals surface area contributed by atoms with Crippen LogP contribution in [0.3, 0.4) is 0 Å². The van der Waals surface area contributed by atoms with Gasteiger partial charge >= 0.3 is 0 Å². The van der Waals surface area contributed by atoms with Crippen LogP contribution in [0.5, 0.6) is 0 Å².